The molecule has 0 atom stereocenters. The molecule has 0 aromatic carbocycles. The highest BCUT2D eigenvalue weighted by Gasteiger charge is 2.20. The van der Waals surface area contributed by atoms with E-state index in [1.807, 2.05) is 4.98 Å². The Labute approximate surface area is 76.8 Å². The predicted octanol–water partition coefficient (Wildman–Crippen LogP) is 1.52. The van der Waals surface area contributed by atoms with Gasteiger partial charge in [-0.15, -0.1) is 0 Å². The van der Waals surface area contributed by atoms with Crippen molar-refractivity contribution in [2.75, 3.05) is 0 Å². The summed E-state index contributed by atoms with van der Waals surface area (Å²) >= 11 is 0. The molecule has 0 aliphatic rings. The second-order valence-corrected chi connectivity index (χ2v) is 2.51. The second kappa shape index (κ2) is 3.96. The molecule has 0 unspecified atom stereocenters. The lowest BCUT2D eigenvalue weighted by Gasteiger charge is -2.02. The number of hydrogen-bond donors (Lipinski definition) is 1. The molecule has 1 aromatic heterocycles. The van der Waals surface area contributed by atoms with Crippen LogP contribution in [0.2, 0.25) is 0 Å². The van der Waals surface area contributed by atoms with E-state index in [0.29, 0.717) is 0 Å². The maximum Gasteiger partial charge on any atom is 0.271 e. The summed E-state index contributed by atoms with van der Waals surface area (Å²) in [5, 5.41) is 8.26. The SMILES string of the molecule is N#CCc1c[nH]c(F)c(C(F)F)c1=O. The van der Waals surface area contributed by atoms with Crippen LogP contribution in [0.5, 0.6) is 0 Å². The van der Waals surface area contributed by atoms with Crippen LogP contribution in [0.1, 0.15) is 17.6 Å². The van der Waals surface area contributed by atoms with Crippen molar-refractivity contribution in [2.24, 2.45) is 0 Å². The van der Waals surface area contributed by atoms with Gasteiger partial charge in [-0.3, -0.25) is 4.79 Å². The van der Waals surface area contributed by atoms with E-state index >= 15 is 0 Å². The Morgan fingerprint density at radius 1 is 1.57 bits per heavy atom. The van der Waals surface area contributed by atoms with Crippen LogP contribution < -0.4 is 5.43 Å². The van der Waals surface area contributed by atoms with E-state index in [1.165, 1.54) is 0 Å². The van der Waals surface area contributed by atoms with E-state index in [1.54, 1.807) is 6.07 Å². The van der Waals surface area contributed by atoms with Gasteiger partial charge in [0.15, 0.2) is 5.43 Å². The van der Waals surface area contributed by atoms with Crippen LogP contribution in [-0.2, 0) is 6.42 Å². The first kappa shape index (κ1) is 10.3. The molecule has 1 heterocycles. The normalized spacial score (nSPS) is 10.2. The van der Waals surface area contributed by atoms with Gasteiger partial charge < -0.3 is 4.98 Å². The Hall–Kier alpha value is -1.77. The van der Waals surface area contributed by atoms with Gasteiger partial charge in [-0.1, -0.05) is 0 Å². The first-order valence-corrected chi connectivity index (χ1v) is 3.63. The summed E-state index contributed by atoms with van der Waals surface area (Å²) in [7, 11) is 0. The van der Waals surface area contributed by atoms with Crippen molar-refractivity contribution in [3.8, 4) is 6.07 Å². The molecule has 1 N–H and O–H groups in total. The lowest BCUT2D eigenvalue weighted by Crippen LogP contribution is -2.18. The summed E-state index contributed by atoms with van der Waals surface area (Å²) in [6, 6.07) is 1.62. The Kier molecular flexibility index (Phi) is 2.92. The number of rotatable bonds is 2. The Morgan fingerprint density at radius 3 is 2.71 bits per heavy atom. The van der Waals surface area contributed by atoms with Gasteiger partial charge in [-0.05, 0) is 0 Å². The van der Waals surface area contributed by atoms with Crippen molar-refractivity contribution < 1.29 is 13.2 Å². The van der Waals surface area contributed by atoms with E-state index in [-0.39, 0.29) is 12.0 Å². The average molecular weight is 202 g/mol. The van der Waals surface area contributed by atoms with E-state index < -0.39 is 23.4 Å². The molecule has 74 valence electrons. The second-order valence-electron chi connectivity index (χ2n) is 2.51. The maximum atomic E-state index is 12.7. The highest BCUT2D eigenvalue weighted by Crippen LogP contribution is 2.17. The first-order valence-electron chi connectivity index (χ1n) is 3.63. The number of halogens is 3. The topological polar surface area (TPSA) is 56.6 Å². The van der Waals surface area contributed by atoms with Gasteiger partial charge in [0.2, 0.25) is 5.95 Å². The summed E-state index contributed by atoms with van der Waals surface area (Å²) in [6.45, 7) is 0. The fourth-order valence-corrected chi connectivity index (χ4v) is 0.978. The zero-order valence-electron chi connectivity index (χ0n) is 6.85. The quantitative estimate of drug-likeness (QED) is 0.739. The molecule has 0 spiro atoms. The number of pyridine rings is 1. The largest absolute Gasteiger partial charge is 0.338 e. The van der Waals surface area contributed by atoms with Crippen LogP contribution in [0.4, 0.5) is 13.2 Å². The standard InChI is InChI=1S/C8H5F3N2O/c9-7(10)5-6(14)4(1-2-12)3-13-8(5)11/h3,7H,1H2,(H,13,14). The van der Waals surface area contributed by atoms with Crippen LogP contribution in [0.25, 0.3) is 0 Å². The van der Waals surface area contributed by atoms with Crippen molar-refractivity contribution in [1.29, 1.82) is 5.26 Å². The van der Waals surface area contributed by atoms with E-state index in [0.717, 1.165) is 6.20 Å². The number of hydrogen-bond acceptors (Lipinski definition) is 2. The molecule has 0 saturated carbocycles. The first-order chi connectivity index (χ1) is 6.57. The fourth-order valence-electron chi connectivity index (χ4n) is 0.978. The van der Waals surface area contributed by atoms with Gasteiger partial charge in [0.25, 0.3) is 6.43 Å². The smallest absolute Gasteiger partial charge is 0.271 e. The van der Waals surface area contributed by atoms with Gasteiger partial charge in [0.1, 0.15) is 5.56 Å². The van der Waals surface area contributed by atoms with Crippen LogP contribution in [-0.4, -0.2) is 4.98 Å². The number of nitriles is 1. The molecule has 0 radical (unpaired) electrons. The van der Waals surface area contributed by atoms with Gasteiger partial charge in [-0.2, -0.15) is 9.65 Å². The molecule has 0 bridgehead atoms. The number of alkyl halides is 2. The van der Waals surface area contributed by atoms with E-state index in [4.69, 9.17) is 5.26 Å². The summed E-state index contributed by atoms with van der Waals surface area (Å²) in [5.41, 5.74) is -2.49. The van der Waals surface area contributed by atoms with Crippen LogP contribution >= 0.6 is 0 Å². The maximum absolute atomic E-state index is 12.7. The average Bonchev–Trinajstić information content (AvgIpc) is 2.10. The zero-order valence-corrected chi connectivity index (χ0v) is 6.85. The summed E-state index contributed by atoms with van der Waals surface area (Å²) in [4.78, 5) is 13.0. The molecular weight excluding hydrogens is 197 g/mol. The Morgan fingerprint density at radius 2 is 2.21 bits per heavy atom. The number of aromatic nitrogens is 1. The molecule has 1 rings (SSSR count). The predicted molar refractivity (Wildman–Crippen MR) is 41.3 cm³/mol. The molecule has 3 nitrogen and oxygen atoms in total. The minimum Gasteiger partial charge on any atom is -0.338 e. The fraction of sp³-hybridized carbons (Fsp3) is 0.250. The van der Waals surface area contributed by atoms with E-state index in [2.05, 4.69) is 0 Å². The van der Waals surface area contributed by atoms with Crippen molar-refractivity contribution >= 4 is 0 Å². The Balaban J connectivity index is 3.36. The van der Waals surface area contributed by atoms with Gasteiger partial charge in [-0.25, -0.2) is 8.78 Å². The van der Waals surface area contributed by atoms with E-state index in [9.17, 15) is 18.0 Å². The van der Waals surface area contributed by atoms with Gasteiger partial charge >= 0.3 is 0 Å². The van der Waals surface area contributed by atoms with Crippen LogP contribution in [0.15, 0.2) is 11.0 Å². The van der Waals surface area contributed by atoms with Crippen molar-refractivity contribution in [1.82, 2.24) is 4.98 Å². The molecule has 0 fully saturated rings. The van der Waals surface area contributed by atoms with Gasteiger partial charge in [0, 0.05) is 11.8 Å². The monoisotopic (exact) mass is 202 g/mol. The molecule has 0 amide bonds. The highest BCUT2D eigenvalue weighted by molar-refractivity contribution is 5.23. The molecule has 1 aromatic rings. The molecule has 14 heavy (non-hydrogen) atoms. The third kappa shape index (κ3) is 1.76. The van der Waals surface area contributed by atoms with Crippen molar-refractivity contribution in [3.63, 3.8) is 0 Å². The number of H-pyrrole nitrogens is 1. The molecule has 0 aliphatic carbocycles. The molecular formula is C8H5F3N2O. The minimum absolute atomic E-state index is 0.163. The third-order valence-corrected chi connectivity index (χ3v) is 1.63. The lowest BCUT2D eigenvalue weighted by atomic mass is 10.1. The summed E-state index contributed by atoms with van der Waals surface area (Å²) in [5.74, 6) is -1.35. The van der Waals surface area contributed by atoms with Gasteiger partial charge in [0.05, 0.1) is 12.5 Å². The number of nitrogens with one attached hydrogen (secondary N) is 1. The third-order valence-electron chi connectivity index (χ3n) is 1.63. The molecule has 6 heteroatoms. The van der Waals surface area contributed by atoms with Crippen LogP contribution in [0, 0.1) is 17.3 Å². The van der Waals surface area contributed by atoms with Crippen molar-refractivity contribution in [2.45, 2.75) is 12.8 Å². The Bertz CT molecular complexity index is 433. The minimum atomic E-state index is -3.18. The van der Waals surface area contributed by atoms with Crippen LogP contribution in [0.3, 0.4) is 0 Å². The zero-order chi connectivity index (χ0) is 10.7. The summed E-state index contributed by atoms with van der Waals surface area (Å²) in [6.07, 6.45) is -2.58. The molecule has 0 aliphatic heterocycles. The number of aromatic amines is 1. The van der Waals surface area contributed by atoms with Crippen molar-refractivity contribution in [3.05, 3.63) is 33.5 Å². The highest BCUT2D eigenvalue weighted by atomic mass is 19.3. The molecule has 0 saturated heterocycles. The lowest BCUT2D eigenvalue weighted by molar-refractivity contribution is 0.143. The number of nitrogens with zero attached hydrogens (tertiary/aromatic N) is 1. The summed E-state index contributed by atoms with van der Waals surface area (Å²) < 4.78 is 37.0.